The van der Waals surface area contributed by atoms with E-state index in [-0.39, 0.29) is 29.9 Å². The average Bonchev–Trinajstić information content (AvgIpc) is 3.38. The summed E-state index contributed by atoms with van der Waals surface area (Å²) in [5.74, 6) is -1.37. The lowest BCUT2D eigenvalue weighted by molar-refractivity contribution is -0.121. The van der Waals surface area contributed by atoms with Crippen molar-refractivity contribution in [2.45, 2.75) is 16.6 Å². The molecule has 1 unspecified atom stereocenters. The second-order valence-electron chi connectivity index (χ2n) is 6.74. The molecule has 0 aliphatic carbocycles. The number of nitrogens with zero attached hydrogens (tertiary/aromatic N) is 1. The van der Waals surface area contributed by atoms with E-state index in [1.165, 1.54) is 42.3 Å². The molecule has 1 saturated heterocycles. The van der Waals surface area contributed by atoms with Crippen molar-refractivity contribution in [3.8, 4) is 0 Å². The third-order valence-corrected chi connectivity index (χ3v) is 5.85. The molecule has 3 aromatic rings. The molecule has 3 N–H and O–H groups in total. The van der Waals surface area contributed by atoms with Gasteiger partial charge in [0, 0.05) is 22.6 Å². The molecule has 1 atom stereocenters. The Hall–Kier alpha value is -3.85. The minimum atomic E-state index is -0.581. The number of rotatable bonds is 6. The fourth-order valence-corrected chi connectivity index (χ4v) is 4.18. The Morgan fingerprint density at radius 3 is 2.35 bits per heavy atom. The molecule has 0 saturated carbocycles. The van der Waals surface area contributed by atoms with Gasteiger partial charge in [-0.05, 0) is 60.7 Å². The van der Waals surface area contributed by atoms with Gasteiger partial charge in [0.05, 0.1) is 17.2 Å². The molecule has 0 radical (unpaired) electrons. The molecule has 1 aliphatic heterocycles. The van der Waals surface area contributed by atoms with Gasteiger partial charge in [-0.2, -0.15) is 0 Å². The van der Waals surface area contributed by atoms with Gasteiger partial charge in [-0.3, -0.25) is 19.2 Å². The summed E-state index contributed by atoms with van der Waals surface area (Å²) in [6.45, 7) is 0. The Labute approximate surface area is 181 Å². The number of amides is 4. The molecule has 9 heteroatoms. The van der Waals surface area contributed by atoms with E-state index in [0.29, 0.717) is 16.9 Å². The maximum absolute atomic E-state index is 12.8. The molecule has 4 amide bonds. The molecular weight excluding hydrogens is 418 g/mol. The van der Waals surface area contributed by atoms with Crippen LogP contribution < -0.4 is 16.0 Å². The molecule has 1 aliphatic rings. The largest absolute Gasteiger partial charge is 0.459 e. The number of benzene rings is 2. The first-order chi connectivity index (χ1) is 14.9. The number of nitrogens with one attached hydrogen (secondary N) is 1. The Morgan fingerprint density at radius 2 is 1.74 bits per heavy atom. The fraction of sp³-hybridized carbons (Fsp3) is 0.0909. The van der Waals surface area contributed by atoms with Crippen molar-refractivity contribution >= 4 is 46.8 Å². The normalized spacial score (nSPS) is 15.9. The first-order valence-electron chi connectivity index (χ1n) is 9.30. The number of imide groups is 1. The molecule has 31 heavy (non-hydrogen) atoms. The Balaban J connectivity index is 1.41. The van der Waals surface area contributed by atoms with E-state index in [2.05, 4.69) is 5.32 Å². The van der Waals surface area contributed by atoms with Crippen molar-refractivity contribution in [2.75, 3.05) is 10.2 Å². The van der Waals surface area contributed by atoms with E-state index in [4.69, 9.17) is 10.2 Å². The van der Waals surface area contributed by atoms with Gasteiger partial charge < -0.3 is 15.5 Å². The highest BCUT2D eigenvalue weighted by Crippen LogP contribution is 2.34. The summed E-state index contributed by atoms with van der Waals surface area (Å²) < 4.78 is 5.05. The lowest BCUT2D eigenvalue weighted by Gasteiger charge is -2.15. The van der Waals surface area contributed by atoms with Crippen LogP contribution in [0, 0.1) is 0 Å². The lowest BCUT2D eigenvalue weighted by Crippen LogP contribution is -2.31. The van der Waals surface area contributed by atoms with Gasteiger partial charge in [-0.15, -0.1) is 11.8 Å². The van der Waals surface area contributed by atoms with Crippen molar-refractivity contribution in [2.24, 2.45) is 5.73 Å². The Kier molecular flexibility index (Phi) is 5.59. The van der Waals surface area contributed by atoms with Gasteiger partial charge in [0.15, 0.2) is 5.76 Å². The van der Waals surface area contributed by atoms with Crippen LogP contribution in [-0.2, 0) is 9.59 Å². The molecule has 0 bridgehead atoms. The Bertz CT molecular complexity index is 1140. The predicted octanol–water partition coefficient (Wildman–Crippen LogP) is 3.06. The zero-order valence-electron chi connectivity index (χ0n) is 16.1. The van der Waals surface area contributed by atoms with E-state index in [1.807, 2.05) is 0 Å². The Morgan fingerprint density at radius 1 is 1.03 bits per heavy atom. The number of anilines is 2. The molecule has 2 heterocycles. The SMILES string of the molecule is NC(=O)c1ccc(N2C(=O)CC(Sc3ccc(NC(=O)c4ccco4)cc3)C2=O)cc1. The zero-order chi connectivity index (χ0) is 22.0. The van der Waals surface area contributed by atoms with Crippen molar-refractivity contribution in [1.82, 2.24) is 0 Å². The minimum Gasteiger partial charge on any atom is -0.459 e. The minimum absolute atomic E-state index is 0.0675. The van der Waals surface area contributed by atoms with Gasteiger partial charge in [-0.1, -0.05) is 0 Å². The van der Waals surface area contributed by atoms with E-state index in [0.717, 1.165) is 9.80 Å². The monoisotopic (exact) mass is 435 g/mol. The van der Waals surface area contributed by atoms with Crippen LogP contribution in [0.25, 0.3) is 0 Å². The topological polar surface area (TPSA) is 123 Å². The van der Waals surface area contributed by atoms with Gasteiger partial charge in [0.2, 0.25) is 17.7 Å². The quantitative estimate of drug-likeness (QED) is 0.574. The van der Waals surface area contributed by atoms with Crippen LogP contribution in [0.2, 0.25) is 0 Å². The highest BCUT2D eigenvalue weighted by Gasteiger charge is 2.40. The molecule has 0 spiro atoms. The number of primary amides is 1. The molecule has 1 aromatic heterocycles. The average molecular weight is 435 g/mol. The van der Waals surface area contributed by atoms with Crippen molar-refractivity contribution in [1.29, 1.82) is 0 Å². The highest BCUT2D eigenvalue weighted by atomic mass is 32.2. The van der Waals surface area contributed by atoms with Gasteiger partial charge in [0.25, 0.3) is 5.91 Å². The maximum atomic E-state index is 12.8. The van der Waals surface area contributed by atoms with Gasteiger partial charge in [-0.25, -0.2) is 4.90 Å². The van der Waals surface area contributed by atoms with Gasteiger partial charge in [0.1, 0.15) is 0 Å². The van der Waals surface area contributed by atoms with Crippen molar-refractivity contribution in [3.63, 3.8) is 0 Å². The van der Waals surface area contributed by atoms with Crippen LogP contribution >= 0.6 is 11.8 Å². The van der Waals surface area contributed by atoms with Crippen molar-refractivity contribution < 1.29 is 23.6 Å². The number of hydrogen-bond donors (Lipinski definition) is 2. The summed E-state index contributed by atoms with van der Waals surface area (Å²) in [4.78, 5) is 50.4. The van der Waals surface area contributed by atoms with Crippen LogP contribution in [0.1, 0.15) is 27.3 Å². The van der Waals surface area contributed by atoms with Crippen LogP contribution in [0.4, 0.5) is 11.4 Å². The molecule has 2 aromatic carbocycles. The molecule has 156 valence electrons. The fourth-order valence-electron chi connectivity index (χ4n) is 3.12. The standard InChI is InChI=1S/C22H17N3O5S/c23-20(27)13-3-7-15(8-4-13)25-19(26)12-18(22(25)29)31-16-9-5-14(6-10-16)24-21(28)17-2-1-11-30-17/h1-11,18H,12H2,(H2,23,27)(H,24,28). The summed E-state index contributed by atoms with van der Waals surface area (Å²) in [6.07, 6.45) is 1.49. The predicted molar refractivity (Wildman–Crippen MR) is 115 cm³/mol. The van der Waals surface area contributed by atoms with E-state index in [9.17, 15) is 19.2 Å². The van der Waals surface area contributed by atoms with E-state index >= 15 is 0 Å². The summed E-state index contributed by atoms with van der Waals surface area (Å²) in [6, 6.07) is 16.2. The number of hydrogen-bond acceptors (Lipinski definition) is 6. The number of carbonyl (C=O) groups is 4. The maximum Gasteiger partial charge on any atom is 0.291 e. The molecule has 4 rings (SSSR count). The molecular formula is C22H17N3O5S. The third-order valence-electron chi connectivity index (χ3n) is 4.65. The number of carbonyl (C=O) groups excluding carboxylic acids is 4. The van der Waals surface area contributed by atoms with Crippen molar-refractivity contribution in [3.05, 3.63) is 78.3 Å². The van der Waals surface area contributed by atoms with Gasteiger partial charge >= 0.3 is 0 Å². The summed E-state index contributed by atoms with van der Waals surface area (Å²) in [5, 5.41) is 2.15. The summed E-state index contributed by atoms with van der Waals surface area (Å²) >= 11 is 1.28. The van der Waals surface area contributed by atoms with Crippen LogP contribution in [0.3, 0.4) is 0 Å². The lowest BCUT2D eigenvalue weighted by atomic mass is 10.2. The summed E-state index contributed by atoms with van der Waals surface area (Å²) in [7, 11) is 0. The summed E-state index contributed by atoms with van der Waals surface area (Å²) in [5.41, 5.74) is 6.50. The number of furan rings is 1. The number of nitrogens with two attached hydrogens (primary N) is 1. The van der Waals surface area contributed by atoms with E-state index in [1.54, 1.807) is 36.4 Å². The smallest absolute Gasteiger partial charge is 0.291 e. The van der Waals surface area contributed by atoms with Crippen LogP contribution in [0.5, 0.6) is 0 Å². The second kappa shape index (κ2) is 8.49. The van der Waals surface area contributed by atoms with Crippen LogP contribution in [0.15, 0.2) is 76.2 Å². The van der Waals surface area contributed by atoms with Crippen LogP contribution in [-0.4, -0.2) is 28.9 Å². The van der Waals surface area contributed by atoms with E-state index < -0.39 is 11.2 Å². The molecule has 8 nitrogen and oxygen atoms in total. The number of thioether (sulfide) groups is 1. The first-order valence-corrected chi connectivity index (χ1v) is 10.2. The zero-order valence-corrected chi connectivity index (χ0v) is 16.9. The highest BCUT2D eigenvalue weighted by molar-refractivity contribution is 8.00. The second-order valence-corrected chi connectivity index (χ2v) is 8.02. The molecule has 1 fully saturated rings. The third kappa shape index (κ3) is 4.36. The first kappa shape index (κ1) is 20.4.